The minimum absolute atomic E-state index is 0.141. The Kier molecular flexibility index (Phi) is 4.23. The van der Waals surface area contributed by atoms with E-state index in [0.29, 0.717) is 32.9 Å². The molecule has 0 aliphatic heterocycles. The maximum atomic E-state index is 13.8. The van der Waals surface area contributed by atoms with Gasteiger partial charge in [-0.3, -0.25) is 4.79 Å². The zero-order valence-corrected chi connectivity index (χ0v) is 15.2. The summed E-state index contributed by atoms with van der Waals surface area (Å²) in [7, 11) is 0. The maximum Gasteiger partial charge on any atom is 0.406 e. The lowest BCUT2D eigenvalue weighted by atomic mass is 10.0. The number of nitrogens with one attached hydrogen (secondary N) is 1. The lowest BCUT2D eigenvalue weighted by molar-refractivity contribution is -0.139. The molecule has 0 aliphatic rings. The van der Waals surface area contributed by atoms with Gasteiger partial charge in [0.25, 0.3) is 0 Å². The van der Waals surface area contributed by atoms with E-state index in [1.807, 2.05) is 0 Å². The number of hydrogen-bond acceptors (Lipinski definition) is 1. The van der Waals surface area contributed by atoms with Crippen molar-refractivity contribution in [3.8, 4) is 11.3 Å². The number of aromatic amines is 1. The fourth-order valence-electron chi connectivity index (χ4n) is 3.70. The first kappa shape index (κ1) is 18.6. The summed E-state index contributed by atoms with van der Waals surface area (Å²) in [5, 5.41) is 1.08. The first-order chi connectivity index (χ1) is 13.2. The molecule has 0 bridgehead atoms. The SMILES string of the molecule is Cc1c(-c2cccc(F)c2)n(CC(F)(F)F)c2ccc3[nH]c(=O)cc(Cl)c3c12. The number of benzene rings is 2. The Balaban J connectivity index is 2.18. The molecule has 0 aliphatic carbocycles. The average molecular weight is 409 g/mol. The molecule has 0 radical (unpaired) electrons. The van der Waals surface area contributed by atoms with Gasteiger partial charge in [0.1, 0.15) is 12.4 Å². The summed E-state index contributed by atoms with van der Waals surface area (Å²) in [5.74, 6) is -0.548. The summed E-state index contributed by atoms with van der Waals surface area (Å²) in [6.45, 7) is 0.423. The second-order valence-electron chi connectivity index (χ2n) is 6.55. The third-order valence-electron chi connectivity index (χ3n) is 4.66. The number of rotatable bonds is 2. The number of hydrogen-bond donors (Lipinski definition) is 1. The van der Waals surface area contributed by atoms with Crippen molar-refractivity contribution >= 4 is 33.4 Å². The van der Waals surface area contributed by atoms with Crippen LogP contribution in [-0.2, 0) is 6.54 Å². The monoisotopic (exact) mass is 408 g/mol. The standard InChI is InChI=1S/C20H13ClF4N2O/c1-10-17-15(6-5-14-18(17)13(21)8-16(28)26-14)27(9-20(23,24)25)19(10)11-3-2-4-12(22)7-11/h2-8H,9H2,1H3,(H,26,28). The van der Waals surface area contributed by atoms with E-state index in [1.165, 1.54) is 36.4 Å². The third kappa shape index (κ3) is 3.05. The van der Waals surface area contributed by atoms with Crippen LogP contribution >= 0.6 is 11.6 Å². The van der Waals surface area contributed by atoms with E-state index in [4.69, 9.17) is 11.6 Å². The molecule has 1 N–H and O–H groups in total. The Morgan fingerprint density at radius 3 is 2.54 bits per heavy atom. The van der Waals surface area contributed by atoms with Crippen molar-refractivity contribution in [2.24, 2.45) is 0 Å². The predicted molar refractivity (Wildman–Crippen MR) is 101 cm³/mol. The minimum Gasteiger partial charge on any atom is -0.331 e. The Morgan fingerprint density at radius 2 is 1.86 bits per heavy atom. The summed E-state index contributed by atoms with van der Waals surface area (Å²) in [6, 6.07) is 9.64. The number of fused-ring (bicyclic) bond motifs is 3. The van der Waals surface area contributed by atoms with E-state index in [-0.39, 0.29) is 10.7 Å². The molecule has 4 aromatic rings. The zero-order chi connectivity index (χ0) is 20.2. The largest absolute Gasteiger partial charge is 0.406 e. The third-order valence-corrected chi connectivity index (χ3v) is 4.96. The molecule has 0 amide bonds. The van der Waals surface area contributed by atoms with Gasteiger partial charge in [0.15, 0.2) is 0 Å². The Hall–Kier alpha value is -2.80. The van der Waals surface area contributed by atoms with Crippen LogP contribution in [0.2, 0.25) is 5.02 Å². The van der Waals surface area contributed by atoms with Crippen LogP contribution in [-0.4, -0.2) is 15.7 Å². The topological polar surface area (TPSA) is 37.8 Å². The number of H-pyrrole nitrogens is 1. The Bertz CT molecular complexity index is 1290. The summed E-state index contributed by atoms with van der Waals surface area (Å²) >= 11 is 6.27. The second-order valence-corrected chi connectivity index (χ2v) is 6.96. The van der Waals surface area contributed by atoms with E-state index in [0.717, 1.165) is 4.57 Å². The van der Waals surface area contributed by atoms with Gasteiger partial charge < -0.3 is 9.55 Å². The fraction of sp³-hybridized carbons (Fsp3) is 0.150. The van der Waals surface area contributed by atoms with E-state index < -0.39 is 24.1 Å². The summed E-state index contributed by atoms with van der Waals surface area (Å²) in [5.41, 5.74) is 1.41. The van der Waals surface area contributed by atoms with Crippen LogP contribution in [0.4, 0.5) is 17.6 Å². The molecule has 144 valence electrons. The highest BCUT2D eigenvalue weighted by molar-refractivity contribution is 6.37. The van der Waals surface area contributed by atoms with Crippen molar-refractivity contribution in [3.63, 3.8) is 0 Å². The first-order valence-electron chi connectivity index (χ1n) is 8.33. The molecular formula is C20H13ClF4N2O. The van der Waals surface area contributed by atoms with Crippen LogP contribution in [0, 0.1) is 12.7 Å². The lowest BCUT2D eigenvalue weighted by Gasteiger charge is -2.14. The van der Waals surface area contributed by atoms with Crippen molar-refractivity contribution in [1.29, 1.82) is 0 Å². The molecule has 8 heteroatoms. The highest BCUT2D eigenvalue weighted by Gasteiger charge is 2.31. The van der Waals surface area contributed by atoms with Gasteiger partial charge in [-0.05, 0) is 36.8 Å². The van der Waals surface area contributed by atoms with Crippen LogP contribution in [0.1, 0.15) is 5.56 Å². The normalized spacial score (nSPS) is 12.2. The molecule has 0 saturated heterocycles. The molecule has 0 spiro atoms. The molecule has 0 atom stereocenters. The molecule has 2 aromatic heterocycles. The van der Waals surface area contributed by atoms with Crippen LogP contribution in [0.3, 0.4) is 0 Å². The van der Waals surface area contributed by atoms with Crippen LogP contribution < -0.4 is 5.56 Å². The second kappa shape index (κ2) is 6.38. The van der Waals surface area contributed by atoms with Crippen molar-refractivity contribution in [1.82, 2.24) is 9.55 Å². The minimum atomic E-state index is -4.48. The number of pyridine rings is 1. The highest BCUT2D eigenvalue weighted by atomic mass is 35.5. The van der Waals surface area contributed by atoms with Crippen LogP contribution in [0.15, 0.2) is 47.3 Å². The van der Waals surface area contributed by atoms with Gasteiger partial charge in [0.05, 0.1) is 16.2 Å². The molecule has 3 nitrogen and oxygen atoms in total. The maximum absolute atomic E-state index is 13.8. The number of aryl methyl sites for hydroxylation is 1. The number of alkyl halides is 3. The summed E-state index contributed by atoms with van der Waals surface area (Å²) < 4.78 is 54.9. The molecule has 0 fully saturated rings. The van der Waals surface area contributed by atoms with Crippen LogP contribution in [0.25, 0.3) is 33.1 Å². The molecular weight excluding hydrogens is 396 g/mol. The molecule has 2 aromatic carbocycles. The highest BCUT2D eigenvalue weighted by Crippen LogP contribution is 2.40. The molecule has 2 heterocycles. The van der Waals surface area contributed by atoms with Gasteiger partial charge >= 0.3 is 6.18 Å². The van der Waals surface area contributed by atoms with Gasteiger partial charge in [-0.1, -0.05) is 23.7 Å². The molecule has 28 heavy (non-hydrogen) atoms. The van der Waals surface area contributed by atoms with E-state index in [1.54, 1.807) is 13.0 Å². The zero-order valence-electron chi connectivity index (χ0n) is 14.5. The molecule has 0 saturated carbocycles. The smallest absolute Gasteiger partial charge is 0.331 e. The van der Waals surface area contributed by atoms with Gasteiger partial charge in [0, 0.05) is 27.9 Å². The fourth-order valence-corrected chi connectivity index (χ4v) is 3.99. The van der Waals surface area contributed by atoms with E-state index in [9.17, 15) is 22.4 Å². The molecule has 0 unspecified atom stereocenters. The Morgan fingerprint density at radius 1 is 1.11 bits per heavy atom. The van der Waals surface area contributed by atoms with Crippen molar-refractivity contribution < 1.29 is 17.6 Å². The van der Waals surface area contributed by atoms with Crippen molar-refractivity contribution in [2.75, 3.05) is 0 Å². The predicted octanol–water partition coefficient (Wildman–Crippen LogP) is 5.81. The van der Waals surface area contributed by atoms with Gasteiger partial charge in [0.2, 0.25) is 5.56 Å². The number of halogens is 5. The van der Waals surface area contributed by atoms with E-state index in [2.05, 4.69) is 4.98 Å². The Labute approximate surface area is 161 Å². The van der Waals surface area contributed by atoms with Gasteiger partial charge in [-0.15, -0.1) is 0 Å². The quantitative estimate of drug-likeness (QED) is 0.417. The number of aromatic nitrogens is 2. The summed E-state index contributed by atoms with van der Waals surface area (Å²) in [4.78, 5) is 14.4. The van der Waals surface area contributed by atoms with Crippen molar-refractivity contribution in [3.05, 3.63) is 69.2 Å². The average Bonchev–Trinajstić information content (AvgIpc) is 2.85. The number of nitrogens with zero attached hydrogens (tertiary/aromatic N) is 1. The van der Waals surface area contributed by atoms with Crippen LogP contribution in [0.5, 0.6) is 0 Å². The van der Waals surface area contributed by atoms with Gasteiger partial charge in [-0.2, -0.15) is 13.2 Å². The van der Waals surface area contributed by atoms with Crippen molar-refractivity contribution in [2.45, 2.75) is 19.6 Å². The summed E-state index contributed by atoms with van der Waals surface area (Å²) in [6.07, 6.45) is -4.48. The van der Waals surface area contributed by atoms with Gasteiger partial charge in [-0.25, -0.2) is 4.39 Å². The first-order valence-corrected chi connectivity index (χ1v) is 8.70. The van der Waals surface area contributed by atoms with E-state index >= 15 is 0 Å². The lowest BCUT2D eigenvalue weighted by Crippen LogP contribution is -2.18. The molecule has 4 rings (SSSR count).